The van der Waals surface area contributed by atoms with Crippen LogP contribution in [0.15, 0.2) is 38.8 Å². The maximum atomic E-state index is 13.4. The number of aliphatic hydroxyl groups excluding tert-OH is 1. The number of amides is 1. The molecule has 0 aromatic heterocycles. The lowest BCUT2D eigenvalue weighted by atomic mass is 9.92. The topological polar surface area (TPSA) is 102 Å². The summed E-state index contributed by atoms with van der Waals surface area (Å²) in [6.45, 7) is 9.29. The largest absolute Gasteiger partial charge is 0.510 e. The molecule has 0 spiro atoms. The highest BCUT2D eigenvalue weighted by atomic mass is 32.2. The number of benzene rings is 1. The molecule has 0 aliphatic carbocycles. The molecule has 2 N–H and O–H groups in total. The van der Waals surface area contributed by atoms with E-state index in [-0.39, 0.29) is 33.5 Å². The van der Waals surface area contributed by atoms with E-state index in [1.165, 1.54) is 0 Å². The number of anilines is 1. The number of nitrogens with one attached hydrogen (secondary N) is 1. The van der Waals surface area contributed by atoms with Gasteiger partial charge in [-0.05, 0) is 49.3 Å². The minimum atomic E-state index is -3.99. The Kier molecular flexibility index (Phi) is 4.93. The number of fused-ring (bicyclic) bond motifs is 2. The summed E-state index contributed by atoms with van der Waals surface area (Å²) >= 11 is 0. The third-order valence-corrected chi connectivity index (χ3v) is 7.06. The summed E-state index contributed by atoms with van der Waals surface area (Å²) in [5.74, 6) is -0.644. The fourth-order valence-corrected chi connectivity index (χ4v) is 5.32. The number of hydrazine groups is 1. The molecule has 1 aromatic rings. The van der Waals surface area contributed by atoms with Crippen LogP contribution in [0.5, 0.6) is 0 Å². The fraction of sp³-hybridized carbons (Fsp3) is 0.524. The van der Waals surface area contributed by atoms with Gasteiger partial charge in [0.2, 0.25) is 0 Å². The van der Waals surface area contributed by atoms with Gasteiger partial charge in [-0.3, -0.25) is 9.80 Å². The van der Waals surface area contributed by atoms with E-state index in [2.05, 4.69) is 30.5 Å². The van der Waals surface area contributed by atoms with Gasteiger partial charge in [0.15, 0.2) is 5.84 Å². The summed E-state index contributed by atoms with van der Waals surface area (Å²) in [7, 11) is -3.99. The zero-order valence-corrected chi connectivity index (χ0v) is 18.6. The zero-order valence-electron chi connectivity index (χ0n) is 17.8. The maximum Gasteiger partial charge on any atom is 0.286 e. The van der Waals surface area contributed by atoms with Gasteiger partial charge in [-0.25, -0.2) is 5.01 Å². The number of hydrogen-bond donors (Lipinski definition) is 2. The fourth-order valence-electron chi connectivity index (χ4n) is 4.11. The summed E-state index contributed by atoms with van der Waals surface area (Å²) in [6.07, 6.45) is 2.32. The first-order valence-electron chi connectivity index (χ1n) is 10.2. The zero-order chi connectivity index (χ0) is 21.8. The molecule has 0 bridgehead atoms. The molecular formula is C21H28N4O4S. The Morgan fingerprint density at radius 1 is 1.30 bits per heavy atom. The van der Waals surface area contributed by atoms with Crippen LogP contribution in [0.1, 0.15) is 45.6 Å². The molecule has 1 aromatic carbocycles. The van der Waals surface area contributed by atoms with Crippen LogP contribution in [-0.4, -0.2) is 54.4 Å². The smallest absolute Gasteiger partial charge is 0.286 e. The number of carbonyl (C=O) groups excluding carboxylic acids is 1. The van der Waals surface area contributed by atoms with Gasteiger partial charge in [-0.2, -0.15) is 8.42 Å². The van der Waals surface area contributed by atoms with Crippen LogP contribution in [-0.2, 0) is 14.8 Å². The van der Waals surface area contributed by atoms with E-state index in [0.717, 1.165) is 18.4 Å². The molecule has 1 saturated heterocycles. The first kappa shape index (κ1) is 20.9. The second kappa shape index (κ2) is 7.09. The molecule has 1 atom stereocenters. The van der Waals surface area contributed by atoms with Gasteiger partial charge in [0.1, 0.15) is 16.2 Å². The SMILES string of the molecule is Cc1ccc2c(c1)S(=O)(=O)N=C(C1=C(O)C3CCCN3N(CCC(C)(C)C)C1=O)N2. The van der Waals surface area contributed by atoms with E-state index in [4.69, 9.17) is 0 Å². The molecule has 8 nitrogen and oxygen atoms in total. The molecule has 3 heterocycles. The molecule has 0 radical (unpaired) electrons. The second-order valence-electron chi connectivity index (χ2n) is 9.36. The highest BCUT2D eigenvalue weighted by Gasteiger charge is 2.45. The first-order valence-corrected chi connectivity index (χ1v) is 11.7. The number of nitrogens with zero attached hydrogens (tertiary/aromatic N) is 3. The van der Waals surface area contributed by atoms with Gasteiger partial charge in [0.05, 0.1) is 11.7 Å². The number of aryl methyl sites for hydroxylation is 1. The van der Waals surface area contributed by atoms with Gasteiger partial charge in [-0.1, -0.05) is 26.8 Å². The third-order valence-electron chi connectivity index (χ3n) is 5.74. The van der Waals surface area contributed by atoms with Crippen molar-refractivity contribution < 1.29 is 18.3 Å². The molecule has 3 aliphatic rings. The maximum absolute atomic E-state index is 13.4. The molecular weight excluding hydrogens is 404 g/mol. The van der Waals surface area contributed by atoms with E-state index < -0.39 is 15.9 Å². The van der Waals surface area contributed by atoms with E-state index in [1.807, 2.05) is 5.01 Å². The monoisotopic (exact) mass is 432 g/mol. The van der Waals surface area contributed by atoms with Crippen molar-refractivity contribution in [3.8, 4) is 0 Å². The van der Waals surface area contributed by atoms with Crippen molar-refractivity contribution in [3.63, 3.8) is 0 Å². The van der Waals surface area contributed by atoms with E-state index in [0.29, 0.717) is 25.2 Å². The van der Waals surface area contributed by atoms with Gasteiger partial charge < -0.3 is 10.4 Å². The molecule has 1 unspecified atom stereocenters. The molecule has 1 amide bonds. The van der Waals surface area contributed by atoms with Gasteiger partial charge >= 0.3 is 0 Å². The Bertz CT molecular complexity index is 1070. The standard InChI is InChI=1S/C21H28N4O4S/c1-13-7-8-14-16(12-13)30(28,29)23-19(22-14)17-18(26)15-6-5-10-24(15)25(20(17)27)11-9-21(2,3)4/h7-8,12,15,26H,5-6,9-11H2,1-4H3,(H,22,23). The molecule has 9 heteroatoms. The average Bonchev–Trinajstić information content (AvgIpc) is 3.11. The highest BCUT2D eigenvalue weighted by Crippen LogP contribution is 2.36. The number of carbonyl (C=O) groups is 1. The average molecular weight is 433 g/mol. The Hall–Kier alpha value is -2.39. The van der Waals surface area contributed by atoms with E-state index >= 15 is 0 Å². The van der Waals surface area contributed by atoms with Crippen LogP contribution >= 0.6 is 0 Å². The number of amidine groups is 1. The van der Waals surface area contributed by atoms with Crippen molar-refractivity contribution in [2.75, 3.05) is 18.4 Å². The van der Waals surface area contributed by atoms with Crippen LogP contribution in [0, 0.1) is 12.3 Å². The molecule has 162 valence electrons. The second-order valence-corrected chi connectivity index (χ2v) is 10.9. The third kappa shape index (κ3) is 3.60. The van der Waals surface area contributed by atoms with Crippen molar-refractivity contribution in [1.29, 1.82) is 0 Å². The molecule has 3 aliphatic heterocycles. The summed E-state index contributed by atoms with van der Waals surface area (Å²) < 4.78 is 29.5. The van der Waals surface area contributed by atoms with Crippen LogP contribution < -0.4 is 5.32 Å². The highest BCUT2D eigenvalue weighted by molar-refractivity contribution is 7.90. The Balaban J connectivity index is 1.76. The van der Waals surface area contributed by atoms with E-state index in [9.17, 15) is 18.3 Å². The molecule has 0 saturated carbocycles. The minimum absolute atomic E-state index is 0.0274. The summed E-state index contributed by atoms with van der Waals surface area (Å²) in [5.41, 5.74) is 1.12. The van der Waals surface area contributed by atoms with Crippen molar-refractivity contribution >= 4 is 27.5 Å². The summed E-state index contributed by atoms with van der Waals surface area (Å²) in [4.78, 5) is 13.5. The van der Waals surface area contributed by atoms with Gasteiger partial charge in [0.25, 0.3) is 15.9 Å². The minimum Gasteiger partial charge on any atom is -0.510 e. The van der Waals surface area contributed by atoms with E-state index in [1.54, 1.807) is 30.1 Å². The molecule has 1 fully saturated rings. The number of aliphatic hydroxyl groups is 1. The quantitative estimate of drug-likeness (QED) is 0.761. The summed E-state index contributed by atoms with van der Waals surface area (Å²) in [6, 6.07) is 4.64. The van der Waals surface area contributed by atoms with Crippen molar-refractivity contribution in [2.24, 2.45) is 9.81 Å². The Morgan fingerprint density at radius 2 is 2.03 bits per heavy atom. The summed E-state index contributed by atoms with van der Waals surface area (Å²) in [5, 5.41) is 17.5. The van der Waals surface area contributed by atoms with Crippen LogP contribution in [0.2, 0.25) is 0 Å². The van der Waals surface area contributed by atoms with Gasteiger partial charge in [-0.15, -0.1) is 4.40 Å². The molecule has 30 heavy (non-hydrogen) atoms. The Morgan fingerprint density at radius 3 is 2.73 bits per heavy atom. The predicted octanol–water partition coefficient (Wildman–Crippen LogP) is 2.98. The predicted molar refractivity (Wildman–Crippen MR) is 115 cm³/mol. The number of sulfonamides is 1. The van der Waals surface area contributed by atoms with Crippen LogP contribution in [0.4, 0.5) is 5.69 Å². The number of hydrogen-bond acceptors (Lipinski definition) is 6. The lowest BCUT2D eigenvalue weighted by Crippen LogP contribution is -2.56. The lowest BCUT2D eigenvalue weighted by molar-refractivity contribution is -0.149. The van der Waals surface area contributed by atoms with Gasteiger partial charge in [0, 0.05) is 13.1 Å². The van der Waals surface area contributed by atoms with Crippen molar-refractivity contribution in [3.05, 3.63) is 35.1 Å². The number of rotatable bonds is 3. The van der Waals surface area contributed by atoms with Crippen LogP contribution in [0.3, 0.4) is 0 Å². The lowest BCUT2D eigenvalue weighted by Gasteiger charge is -2.41. The first-order chi connectivity index (χ1) is 14.0. The van der Waals surface area contributed by atoms with Crippen LogP contribution in [0.25, 0.3) is 0 Å². The Labute approximate surface area is 177 Å². The van der Waals surface area contributed by atoms with Crippen molar-refractivity contribution in [1.82, 2.24) is 10.0 Å². The van der Waals surface area contributed by atoms with Crippen molar-refractivity contribution in [2.45, 2.75) is 57.9 Å². The normalized spacial score (nSPS) is 23.7. The molecule has 4 rings (SSSR count).